The van der Waals surface area contributed by atoms with Gasteiger partial charge in [0.1, 0.15) is 0 Å². The number of anilines is 3. The Morgan fingerprint density at radius 3 is 1.71 bits per heavy atom. The Morgan fingerprint density at radius 1 is 0.268 bits per heavy atom. The second kappa shape index (κ2) is 13.4. The van der Waals surface area contributed by atoms with E-state index in [0.717, 1.165) is 17.1 Å². The molecule has 0 aliphatic heterocycles. The third kappa shape index (κ3) is 5.54. The van der Waals surface area contributed by atoms with Crippen LogP contribution in [0.5, 0.6) is 0 Å². The van der Waals surface area contributed by atoms with Crippen LogP contribution in [0, 0.1) is 0 Å². The molecule has 262 valence electrons. The van der Waals surface area contributed by atoms with Gasteiger partial charge in [0, 0.05) is 37.2 Å². The summed E-state index contributed by atoms with van der Waals surface area (Å²) in [5.74, 6) is 0. The van der Waals surface area contributed by atoms with E-state index in [-0.39, 0.29) is 0 Å². The number of nitrogens with zero attached hydrogens (tertiary/aromatic N) is 1. The first-order valence-corrected chi connectivity index (χ1v) is 20.0. The fourth-order valence-electron chi connectivity index (χ4n) is 8.55. The Hall–Kier alpha value is -7.00. The summed E-state index contributed by atoms with van der Waals surface area (Å²) in [6.45, 7) is 0. The van der Waals surface area contributed by atoms with Gasteiger partial charge in [0.15, 0.2) is 0 Å². The molecule has 0 spiro atoms. The summed E-state index contributed by atoms with van der Waals surface area (Å²) in [4.78, 5) is 2.41. The zero-order valence-corrected chi connectivity index (χ0v) is 31.4. The number of hydrogen-bond acceptors (Lipinski definition) is 2. The van der Waals surface area contributed by atoms with E-state index in [0.29, 0.717) is 0 Å². The van der Waals surface area contributed by atoms with E-state index in [1.165, 1.54) is 85.9 Å². The molecular formula is C54H35NS. The lowest BCUT2D eigenvalue weighted by atomic mass is 9.93. The van der Waals surface area contributed by atoms with Gasteiger partial charge in [-0.25, -0.2) is 0 Å². The molecule has 0 saturated carbocycles. The van der Waals surface area contributed by atoms with Crippen molar-refractivity contribution in [1.29, 1.82) is 0 Å². The van der Waals surface area contributed by atoms with Crippen molar-refractivity contribution in [3.05, 3.63) is 212 Å². The van der Waals surface area contributed by atoms with Gasteiger partial charge in [0.2, 0.25) is 0 Å². The summed E-state index contributed by atoms with van der Waals surface area (Å²) >= 11 is 1.86. The monoisotopic (exact) mass is 729 g/mol. The van der Waals surface area contributed by atoms with Crippen LogP contribution in [-0.2, 0) is 0 Å². The Morgan fingerprint density at radius 2 is 0.857 bits per heavy atom. The second-order valence-corrected chi connectivity index (χ2v) is 15.6. The Bertz CT molecular complexity index is 3260. The van der Waals surface area contributed by atoms with E-state index in [1.54, 1.807) is 0 Å². The molecule has 1 heterocycles. The van der Waals surface area contributed by atoms with Crippen LogP contribution in [0.25, 0.3) is 85.9 Å². The number of thiophene rings is 1. The highest BCUT2D eigenvalue weighted by Gasteiger charge is 2.17. The molecule has 0 radical (unpaired) electrons. The summed E-state index contributed by atoms with van der Waals surface area (Å²) in [5.41, 5.74) is 10.6. The van der Waals surface area contributed by atoms with E-state index >= 15 is 0 Å². The van der Waals surface area contributed by atoms with Crippen LogP contribution in [-0.4, -0.2) is 0 Å². The lowest BCUT2D eigenvalue weighted by Crippen LogP contribution is -2.10. The van der Waals surface area contributed by atoms with Crippen LogP contribution in [0.2, 0.25) is 0 Å². The molecule has 0 fully saturated rings. The predicted octanol–water partition coefficient (Wildman–Crippen LogP) is 16.0. The molecule has 0 amide bonds. The van der Waals surface area contributed by atoms with Gasteiger partial charge in [0.25, 0.3) is 0 Å². The minimum atomic E-state index is 1.11. The van der Waals surface area contributed by atoms with Crippen LogP contribution in [0.15, 0.2) is 212 Å². The van der Waals surface area contributed by atoms with Gasteiger partial charge < -0.3 is 4.90 Å². The van der Waals surface area contributed by atoms with E-state index in [2.05, 4.69) is 217 Å². The van der Waals surface area contributed by atoms with Gasteiger partial charge >= 0.3 is 0 Å². The third-order valence-corrected chi connectivity index (χ3v) is 12.4. The highest BCUT2D eigenvalue weighted by molar-refractivity contribution is 7.25. The van der Waals surface area contributed by atoms with Crippen molar-refractivity contribution in [3.8, 4) is 33.4 Å². The molecule has 1 nitrogen and oxygen atoms in total. The maximum Gasteiger partial charge on any atom is 0.0476 e. The van der Waals surface area contributed by atoms with Crippen molar-refractivity contribution in [1.82, 2.24) is 0 Å². The number of rotatable bonds is 6. The van der Waals surface area contributed by atoms with Crippen molar-refractivity contribution < 1.29 is 0 Å². The molecule has 11 rings (SSSR count). The molecule has 11 aromatic rings. The predicted molar refractivity (Wildman–Crippen MR) is 243 cm³/mol. The summed E-state index contributed by atoms with van der Waals surface area (Å²) in [6.07, 6.45) is 0. The molecule has 1 aromatic heterocycles. The first-order valence-electron chi connectivity index (χ1n) is 19.2. The molecule has 0 bridgehead atoms. The quantitative estimate of drug-likeness (QED) is 0.154. The molecular weight excluding hydrogens is 695 g/mol. The summed E-state index contributed by atoms with van der Waals surface area (Å²) in [7, 11) is 0. The van der Waals surface area contributed by atoms with Gasteiger partial charge in [-0.1, -0.05) is 158 Å². The molecule has 0 aliphatic rings. The highest BCUT2D eigenvalue weighted by Crippen LogP contribution is 2.43. The van der Waals surface area contributed by atoms with Crippen LogP contribution in [0.4, 0.5) is 17.1 Å². The zero-order chi connectivity index (χ0) is 37.0. The van der Waals surface area contributed by atoms with E-state index in [9.17, 15) is 0 Å². The average molecular weight is 730 g/mol. The van der Waals surface area contributed by atoms with Crippen LogP contribution in [0.1, 0.15) is 0 Å². The van der Waals surface area contributed by atoms with Gasteiger partial charge in [0.05, 0.1) is 0 Å². The summed E-state index contributed by atoms with van der Waals surface area (Å²) in [5, 5.41) is 10.2. The molecule has 0 saturated heterocycles. The Kier molecular flexibility index (Phi) is 7.75. The molecule has 10 aromatic carbocycles. The SMILES string of the molecule is c1cc(-c2cccc(N(c3ccc(-c4cc5ccccc5c5ccccc45)cc3)c3ccc4c(c3)sc3ccccc34)c2)cc(-c2cccc3ccccc23)c1. The summed E-state index contributed by atoms with van der Waals surface area (Å²) in [6, 6.07) is 77.8. The maximum atomic E-state index is 2.41. The molecule has 0 N–H and O–H groups in total. The fourth-order valence-corrected chi connectivity index (χ4v) is 9.69. The minimum absolute atomic E-state index is 1.11. The highest BCUT2D eigenvalue weighted by atomic mass is 32.1. The number of hydrogen-bond donors (Lipinski definition) is 0. The van der Waals surface area contributed by atoms with Crippen molar-refractivity contribution in [3.63, 3.8) is 0 Å². The Labute approximate surface area is 330 Å². The normalized spacial score (nSPS) is 11.6. The largest absolute Gasteiger partial charge is 0.310 e. The molecule has 2 heteroatoms. The number of benzene rings is 10. The van der Waals surface area contributed by atoms with Crippen LogP contribution < -0.4 is 4.90 Å². The first kappa shape index (κ1) is 32.4. The third-order valence-electron chi connectivity index (χ3n) is 11.2. The molecule has 0 atom stereocenters. The second-order valence-electron chi connectivity index (χ2n) is 14.5. The lowest BCUT2D eigenvalue weighted by Gasteiger charge is -2.26. The first-order chi connectivity index (χ1) is 27.7. The van der Waals surface area contributed by atoms with E-state index < -0.39 is 0 Å². The van der Waals surface area contributed by atoms with Crippen molar-refractivity contribution in [2.75, 3.05) is 4.90 Å². The number of fused-ring (bicyclic) bond motifs is 7. The fraction of sp³-hybridized carbons (Fsp3) is 0. The van der Waals surface area contributed by atoms with Gasteiger partial charge in [-0.15, -0.1) is 11.3 Å². The molecule has 56 heavy (non-hydrogen) atoms. The van der Waals surface area contributed by atoms with Crippen molar-refractivity contribution in [2.24, 2.45) is 0 Å². The van der Waals surface area contributed by atoms with Crippen LogP contribution in [0.3, 0.4) is 0 Å². The van der Waals surface area contributed by atoms with E-state index in [4.69, 9.17) is 0 Å². The van der Waals surface area contributed by atoms with Gasteiger partial charge in [-0.3, -0.25) is 0 Å². The smallest absolute Gasteiger partial charge is 0.0476 e. The average Bonchev–Trinajstić information content (AvgIpc) is 3.64. The zero-order valence-electron chi connectivity index (χ0n) is 30.6. The van der Waals surface area contributed by atoms with Crippen molar-refractivity contribution >= 4 is 80.9 Å². The molecule has 0 unspecified atom stereocenters. The standard InChI is InChI=1S/C54H35NS/c1-3-19-45-36(12-1)14-11-24-46(45)40-17-9-15-38(32-40)39-16-10-18-43(33-39)55(44-30-31-51-50-23-7-8-25-53(50)56-54(51)35-44)42-28-26-37(27-29-42)52-34-41-13-2-4-20-47(41)48-21-5-6-22-49(48)52/h1-35H. The van der Waals surface area contributed by atoms with E-state index in [1.807, 2.05) is 11.3 Å². The topological polar surface area (TPSA) is 3.24 Å². The van der Waals surface area contributed by atoms with Crippen LogP contribution >= 0.6 is 11.3 Å². The summed E-state index contributed by atoms with van der Waals surface area (Å²) < 4.78 is 2.60. The van der Waals surface area contributed by atoms with Crippen molar-refractivity contribution in [2.45, 2.75) is 0 Å². The minimum Gasteiger partial charge on any atom is -0.310 e. The lowest BCUT2D eigenvalue weighted by molar-refractivity contribution is 1.29. The van der Waals surface area contributed by atoms with Gasteiger partial charge in [-0.05, 0) is 120 Å². The maximum absolute atomic E-state index is 2.41. The Balaban J connectivity index is 1.04. The van der Waals surface area contributed by atoms with Gasteiger partial charge in [-0.2, -0.15) is 0 Å². The molecule has 0 aliphatic carbocycles.